The molecule has 1 saturated carbocycles. The molecule has 0 unspecified atom stereocenters. The number of hydrogen-bond acceptors (Lipinski definition) is 6. The molecule has 1 fully saturated rings. The van der Waals surface area contributed by atoms with Crippen LogP contribution in [0.15, 0.2) is 47.6 Å². The Kier molecular flexibility index (Phi) is 7.28. The number of ether oxygens (including phenoxy) is 2. The van der Waals surface area contributed by atoms with Gasteiger partial charge in [0, 0.05) is 37.0 Å². The zero-order chi connectivity index (χ0) is 21.6. The lowest BCUT2D eigenvalue weighted by Gasteiger charge is -2.28. The van der Waals surface area contributed by atoms with Gasteiger partial charge in [-0.2, -0.15) is 0 Å². The van der Waals surface area contributed by atoms with E-state index in [1.165, 1.54) is 26.4 Å². The molecule has 1 heterocycles. The zero-order valence-corrected chi connectivity index (χ0v) is 17.9. The minimum Gasteiger partial charge on any atom is -0.493 e. The molecule has 0 saturated heterocycles. The van der Waals surface area contributed by atoms with E-state index in [9.17, 15) is 13.2 Å². The average Bonchev–Trinajstić information content (AvgIpc) is 2.77. The highest BCUT2D eigenvalue weighted by Crippen LogP contribution is 2.30. The van der Waals surface area contributed by atoms with E-state index in [4.69, 9.17) is 9.47 Å². The van der Waals surface area contributed by atoms with Crippen molar-refractivity contribution in [2.75, 3.05) is 14.2 Å². The molecule has 0 radical (unpaired) electrons. The Balaban J connectivity index is 1.53. The molecule has 3 rings (SSSR count). The monoisotopic (exact) mass is 433 g/mol. The quantitative estimate of drug-likeness (QED) is 0.661. The number of nitrogens with zero attached hydrogens (tertiary/aromatic N) is 1. The van der Waals surface area contributed by atoms with Crippen molar-refractivity contribution in [2.45, 2.75) is 43.2 Å². The standard InChI is InChI=1S/C21H27N3O5S/c1-28-19-10-9-18(12-20(19)29-2)30(26,27)24-17-7-5-16(6-8-17)21(25)23-14-15-4-3-11-22-13-15/h3-4,9-13,16-17,24H,5-8,14H2,1-2H3,(H,23,25). The number of benzene rings is 1. The molecule has 0 atom stereocenters. The Morgan fingerprint density at radius 2 is 1.83 bits per heavy atom. The second-order valence-corrected chi connectivity index (χ2v) is 8.98. The minimum atomic E-state index is -3.69. The summed E-state index contributed by atoms with van der Waals surface area (Å²) in [6.07, 6.45) is 5.90. The summed E-state index contributed by atoms with van der Waals surface area (Å²) in [5, 5.41) is 2.94. The first kappa shape index (κ1) is 22.0. The fraction of sp³-hybridized carbons (Fsp3) is 0.429. The molecule has 8 nitrogen and oxygen atoms in total. The topological polar surface area (TPSA) is 107 Å². The van der Waals surface area contributed by atoms with Crippen LogP contribution in [-0.4, -0.2) is 39.6 Å². The smallest absolute Gasteiger partial charge is 0.240 e. The molecule has 2 aromatic rings. The number of nitrogens with one attached hydrogen (secondary N) is 2. The number of sulfonamides is 1. The zero-order valence-electron chi connectivity index (χ0n) is 17.1. The Bertz CT molecular complexity index is 958. The van der Waals surface area contributed by atoms with Crippen molar-refractivity contribution < 1.29 is 22.7 Å². The molecule has 30 heavy (non-hydrogen) atoms. The van der Waals surface area contributed by atoms with Crippen LogP contribution in [0.2, 0.25) is 0 Å². The number of aromatic nitrogens is 1. The largest absolute Gasteiger partial charge is 0.493 e. The lowest BCUT2D eigenvalue weighted by atomic mass is 9.86. The fourth-order valence-electron chi connectivity index (χ4n) is 3.58. The third-order valence-corrected chi connectivity index (χ3v) is 6.79. The van der Waals surface area contributed by atoms with Gasteiger partial charge in [-0.1, -0.05) is 6.07 Å². The van der Waals surface area contributed by atoms with E-state index in [1.807, 2.05) is 12.1 Å². The SMILES string of the molecule is COc1ccc(S(=O)(=O)NC2CCC(C(=O)NCc3cccnc3)CC2)cc1OC. The third-order valence-electron chi connectivity index (χ3n) is 5.27. The summed E-state index contributed by atoms with van der Waals surface area (Å²) in [6, 6.07) is 8.03. The van der Waals surface area contributed by atoms with Crippen LogP contribution in [0.25, 0.3) is 0 Å². The maximum absolute atomic E-state index is 12.8. The maximum atomic E-state index is 12.8. The second-order valence-electron chi connectivity index (χ2n) is 7.27. The van der Waals surface area contributed by atoms with E-state index in [1.54, 1.807) is 18.5 Å². The summed E-state index contributed by atoms with van der Waals surface area (Å²) in [7, 11) is -0.738. The minimum absolute atomic E-state index is 0.0000472. The first-order valence-corrected chi connectivity index (χ1v) is 11.3. The number of pyridine rings is 1. The number of methoxy groups -OCH3 is 2. The number of carbonyl (C=O) groups is 1. The van der Waals surface area contributed by atoms with Gasteiger partial charge in [0.05, 0.1) is 19.1 Å². The van der Waals surface area contributed by atoms with Gasteiger partial charge in [0.1, 0.15) is 0 Å². The van der Waals surface area contributed by atoms with Crippen molar-refractivity contribution >= 4 is 15.9 Å². The van der Waals surface area contributed by atoms with E-state index in [0.29, 0.717) is 43.7 Å². The summed E-state index contributed by atoms with van der Waals surface area (Å²) >= 11 is 0. The Labute approximate surface area is 177 Å². The van der Waals surface area contributed by atoms with Gasteiger partial charge in [-0.05, 0) is 49.4 Å². The van der Waals surface area contributed by atoms with Crippen molar-refractivity contribution in [2.24, 2.45) is 5.92 Å². The molecule has 1 aromatic heterocycles. The lowest BCUT2D eigenvalue weighted by Crippen LogP contribution is -2.40. The van der Waals surface area contributed by atoms with Crippen LogP contribution in [0, 0.1) is 5.92 Å². The molecular formula is C21H27N3O5S. The molecule has 1 aromatic carbocycles. The van der Waals surface area contributed by atoms with E-state index in [0.717, 1.165) is 5.56 Å². The summed E-state index contributed by atoms with van der Waals surface area (Å²) in [5.74, 6) is 0.715. The van der Waals surface area contributed by atoms with E-state index >= 15 is 0 Å². The van der Waals surface area contributed by atoms with E-state index in [2.05, 4.69) is 15.0 Å². The normalized spacial score (nSPS) is 19.1. The van der Waals surface area contributed by atoms with Gasteiger partial charge in [-0.15, -0.1) is 0 Å². The van der Waals surface area contributed by atoms with E-state index in [-0.39, 0.29) is 22.8 Å². The molecule has 2 N–H and O–H groups in total. The van der Waals surface area contributed by atoms with Crippen molar-refractivity contribution in [3.8, 4) is 11.5 Å². The van der Waals surface area contributed by atoms with Crippen LogP contribution in [0.4, 0.5) is 0 Å². The Hall–Kier alpha value is -2.65. The summed E-state index contributed by atoms with van der Waals surface area (Å²) in [6.45, 7) is 0.443. The lowest BCUT2D eigenvalue weighted by molar-refractivity contribution is -0.126. The molecular weight excluding hydrogens is 406 g/mol. The molecule has 9 heteroatoms. The fourth-order valence-corrected chi connectivity index (χ4v) is 4.90. The van der Waals surface area contributed by atoms with Gasteiger partial charge >= 0.3 is 0 Å². The summed E-state index contributed by atoms with van der Waals surface area (Å²) < 4.78 is 38.6. The van der Waals surface area contributed by atoms with Crippen LogP contribution >= 0.6 is 0 Å². The molecule has 0 spiro atoms. The van der Waals surface area contributed by atoms with Crippen molar-refractivity contribution in [1.29, 1.82) is 0 Å². The van der Waals surface area contributed by atoms with Gasteiger partial charge in [0.25, 0.3) is 0 Å². The van der Waals surface area contributed by atoms with Crippen LogP contribution in [0.3, 0.4) is 0 Å². The summed E-state index contributed by atoms with van der Waals surface area (Å²) in [5.41, 5.74) is 0.946. The third kappa shape index (κ3) is 5.48. The van der Waals surface area contributed by atoms with Gasteiger partial charge in [-0.3, -0.25) is 9.78 Å². The molecule has 1 aliphatic rings. The highest BCUT2D eigenvalue weighted by Gasteiger charge is 2.29. The predicted octanol–water partition coefficient (Wildman–Crippen LogP) is 2.25. The van der Waals surface area contributed by atoms with Gasteiger partial charge in [-0.25, -0.2) is 13.1 Å². The molecule has 1 aliphatic carbocycles. The molecule has 0 bridgehead atoms. The van der Waals surface area contributed by atoms with Crippen molar-refractivity contribution in [1.82, 2.24) is 15.0 Å². The van der Waals surface area contributed by atoms with Crippen molar-refractivity contribution in [3.05, 3.63) is 48.3 Å². The number of rotatable bonds is 8. The van der Waals surface area contributed by atoms with Gasteiger partial charge < -0.3 is 14.8 Å². The average molecular weight is 434 g/mol. The number of hydrogen-bond donors (Lipinski definition) is 2. The molecule has 0 aliphatic heterocycles. The first-order chi connectivity index (χ1) is 14.4. The van der Waals surface area contributed by atoms with Gasteiger partial charge in [0.15, 0.2) is 11.5 Å². The van der Waals surface area contributed by atoms with Crippen molar-refractivity contribution in [3.63, 3.8) is 0 Å². The molecule has 162 valence electrons. The Morgan fingerprint density at radius 1 is 1.10 bits per heavy atom. The highest BCUT2D eigenvalue weighted by atomic mass is 32.2. The molecule has 1 amide bonds. The van der Waals surface area contributed by atoms with E-state index < -0.39 is 10.0 Å². The van der Waals surface area contributed by atoms with Gasteiger partial charge in [0.2, 0.25) is 15.9 Å². The summed E-state index contributed by atoms with van der Waals surface area (Å²) in [4.78, 5) is 16.6. The van der Waals surface area contributed by atoms with Crippen LogP contribution in [-0.2, 0) is 21.4 Å². The van der Waals surface area contributed by atoms with Crippen LogP contribution < -0.4 is 19.5 Å². The number of amides is 1. The number of carbonyl (C=O) groups excluding carboxylic acids is 1. The van der Waals surface area contributed by atoms with Crippen LogP contribution in [0.1, 0.15) is 31.2 Å². The highest BCUT2D eigenvalue weighted by molar-refractivity contribution is 7.89. The Morgan fingerprint density at radius 3 is 2.47 bits per heavy atom. The second kappa shape index (κ2) is 9.90. The first-order valence-electron chi connectivity index (χ1n) is 9.84. The van der Waals surface area contributed by atoms with Crippen LogP contribution in [0.5, 0.6) is 11.5 Å². The maximum Gasteiger partial charge on any atom is 0.240 e. The predicted molar refractivity (Wildman–Crippen MR) is 112 cm³/mol.